The highest BCUT2D eigenvalue weighted by molar-refractivity contribution is 6.44. The molecule has 14 heavy (non-hydrogen) atoms. The Morgan fingerprint density at radius 1 is 1.36 bits per heavy atom. The molecule has 1 atom stereocenters. The maximum absolute atomic E-state index is 11.3. The molecule has 1 saturated carbocycles. The lowest BCUT2D eigenvalue weighted by molar-refractivity contribution is -0.141. The van der Waals surface area contributed by atoms with Crippen molar-refractivity contribution in [1.82, 2.24) is 10.2 Å². The number of nitrogens with zero attached hydrogens (tertiary/aromatic N) is 1. The van der Waals surface area contributed by atoms with E-state index in [1.165, 1.54) is 0 Å². The number of hydrogen-bond donors (Lipinski definition) is 1. The minimum absolute atomic E-state index is 0.150. The fraction of sp³-hybridized carbons (Fsp3) is 0.667. The third kappa shape index (κ3) is 1.20. The molecule has 5 heteroatoms. The second-order valence-electron chi connectivity index (χ2n) is 3.87. The van der Waals surface area contributed by atoms with Gasteiger partial charge in [0.15, 0.2) is 0 Å². The molecule has 1 aliphatic heterocycles. The van der Waals surface area contributed by atoms with Crippen LogP contribution in [0.2, 0.25) is 0 Å². The zero-order chi connectivity index (χ0) is 10.3. The largest absolute Gasteiger partial charge is 0.331 e. The third-order valence-electron chi connectivity index (χ3n) is 3.09. The molecule has 1 heterocycles. The van der Waals surface area contributed by atoms with Crippen LogP contribution in [0.25, 0.3) is 0 Å². The van der Waals surface area contributed by atoms with Crippen LogP contribution in [-0.4, -0.2) is 28.8 Å². The Labute approximate surface area is 81.4 Å². The van der Waals surface area contributed by atoms with Gasteiger partial charge in [-0.2, -0.15) is 0 Å². The summed E-state index contributed by atoms with van der Waals surface area (Å²) in [5.74, 6) is -1.15. The maximum atomic E-state index is 11.3. The summed E-state index contributed by atoms with van der Waals surface area (Å²) in [5, 5.41) is 2.00. The number of carbonyl (C=O) groups excluding carboxylic acids is 3. The number of amides is 4. The first-order chi connectivity index (χ1) is 6.61. The Bertz CT molecular complexity index is 309. The normalized spacial score (nSPS) is 24.9. The van der Waals surface area contributed by atoms with E-state index in [1.807, 2.05) is 12.2 Å². The topological polar surface area (TPSA) is 66.5 Å². The van der Waals surface area contributed by atoms with Crippen LogP contribution in [0.3, 0.4) is 0 Å². The zero-order valence-electron chi connectivity index (χ0n) is 7.95. The minimum Gasteiger partial charge on any atom is -0.269 e. The Morgan fingerprint density at radius 2 is 2.00 bits per heavy atom. The molecule has 0 bridgehead atoms. The van der Waals surface area contributed by atoms with Gasteiger partial charge < -0.3 is 0 Å². The van der Waals surface area contributed by atoms with Crippen LogP contribution in [0.4, 0.5) is 4.79 Å². The summed E-state index contributed by atoms with van der Waals surface area (Å²) in [6.45, 7) is 1.82. The van der Waals surface area contributed by atoms with Crippen molar-refractivity contribution in [3.8, 4) is 0 Å². The van der Waals surface area contributed by atoms with E-state index in [9.17, 15) is 14.4 Å². The van der Waals surface area contributed by atoms with Crippen LogP contribution in [-0.2, 0) is 9.59 Å². The highest BCUT2D eigenvalue weighted by Gasteiger charge is 2.43. The first-order valence-electron chi connectivity index (χ1n) is 4.79. The summed E-state index contributed by atoms with van der Waals surface area (Å²) >= 11 is 0. The molecule has 1 unspecified atom stereocenters. The number of urea groups is 1. The molecule has 2 fully saturated rings. The second-order valence-corrected chi connectivity index (χ2v) is 3.87. The minimum atomic E-state index is -0.804. The van der Waals surface area contributed by atoms with Gasteiger partial charge in [-0.15, -0.1) is 0 Å². The average molecular weight is 196 g/mol. The van der Waals surface area contributed by atoms with Gasteiger partial charge in [0.25, 0.3) is 0 Å². The van der Waals surface area contributed by atoms with Crippen molar-refractivity contribution in [2.24, 2.45) is 5.92 Å². The van der Waals surface area contributed by atoms with Gasteiger partial charge in [0.1, 0.15) is 0 Å². The molecular formula is C9H12N2O3. The van der Waals surface area contributed by atoms with E-state index in [1.54, 1.807) is 0 Å². The summed E-state index contributed by atoms with van der Waals surface area (Å²) in [5.41, 5.74) is 0. The molecule has 0 radical (unpaired) electrons. The highest BCUT2D eigenvalue weighted by atomic mass is 16.2. The maximum Gasteiger partial charge on any atom is 0.331 e. The van der Waals surface area contributed by atoms with E-state index in [2.05, 4.69) is 0 Å². The standard InChI is InChI=1S/C9H12N2O3/c1-5(6-3-2-4-6)11-8(13)7(12)10-9(11)14/h5-6H,2-4H2,1H3,(H,10,12,14). The van der Waals surface area contributed by atoms with Gasteiger partial charge in [-0.1, -0.05) is 6.42 Å². The molecule has 2 aliphatic rings. The van der Waals surface area contributed by atoms with Crippen molar-refractivity contribution in [2.45, 2.75) is 32.2 Å². The predicted molar refractivity (Wildman–Crippen MR) is 47.2 cm³/mol. The van der Waals surface area contributed by atoms with Crippen molar-refractivity contribution >= 4 is 17.8 Å². The first kappa shape index (κ1) is 9.18. The van der Waals surface area contributed by atoms with Crippen LogP contribution >= 0.6 is 0 Å². The molecule has 0 spiro atoms. The first-order valence-corrected chi connectivity index (χ1v) is 4.79. The van der Waals surface area contributed by atoms with E-state index in [4.69, 9.17) is 0 Å². The Kier molecular flexibility index (Phi) is 2.02. The molecule has 5 nitrogen and oxygen atoms in total. The Hall–Kier alpha value is -1.39. The van der Waals surface area contributed by atoms with Crippen molar-refractivity contribution in [2.75, 3.05) is 0 Å². The lowest BCUT2D eigenvalue weighted by atomic mass is 9.80. The van der Waals surface area contributed by atoms with Gasteiger partial charge in [0.05, 0.1) is 0 Å². The molecule has 0 aromatic rings. The quantitative estimate of drug-likeness (QED) is 0.508. The number of carbonyl (C=O) groups is 3. The monoisotopic (exact) mass is 196 g/mol. The number of nitrogens with one attached hydrogen (secondary N) is 1. The van der Waals surface area contributed by atoms with E-state index in [0.29, 0.717) is 5.92 Å². The van der Waals surface area contributed by atoms with E-state index < -0.39 is 17.8 Å². The van der Waals surface area contributed by atoms with Crippen LogP contribution in [0.5, 0.6) is 0 Å². The fourth-order valence-electron chi connectivity index (χ4n) is 1.92. The van der Waals surface area contributed by atoms with E-state index in [0.717, 1.165) is 24.2 Å². The van der Waals surface area contributed by atoms with Gasteiger partial charge >= 0.3 is 17.8 Å². The van der Waals surface area contributed by atoms with Crippen molar-refractivity contribution in [1.29, 1.82) is 0 Å². The number of imide groups is 2. The summed E-state index contributed by atoms with van der Waals surface area (Å²) in [6, 6.07) is -0.720. The molecule has 4 amide bonds. The van der Waals surface area contributed by atoms with Gasteiger partial charge in [-0.05, 0) is 25.7 Å². The molecule has 0 aromatic heterocycles. The molecule has 0 aromatic carbocycles. The predicted octanol–water partition coefficient (Wildman–Crippen LogP) is 0.253. The fourth-order valence-corrected chi connectivity index (χ4v) is 1.92. The van der Waals surface area contributed by atoms with Crippen LogP contribution in [0.1, 0.15) is 26.2 Å². The van der Waals surface area contributed by atoms with E-state index >= 15 is 0 Å². The van der Waals surface area contributed by atoms with Crippen LogP contribution < -0.4 is 5.32 Å². The number of rotatable bonds is 2. The van der Waals surface area contributed by atoms with Gasteiger partial charge in [0.2, 0.25) is 0 Å². The smallest absolute Gasteiger partial charge is 0.269 e. The molecule has 2 rings (SSSR count). The lowest BCUT2D eigenvalue weighted by Gasteiger charge is -2.34. The third-order valence-corrected chi connectivity index (χ3v) is 3.09. The van der Waals surface area contributed by atoms with Gasteiger partial charge in [0, 0.05) is 6.04 Å². The van der Waals surface area contributed by atoms with Crippen LogP contribution in [0.15, 0.2) is 0 Å². The lowest BCUT2D eigenvalue weighted by Crippen LogP contribution is -2.45. The molecule has 76 valence electrons. The Balaban J connectivity index is 2.12. The zero-order valence-corrected chi connectivity index (χ0v) is 7.95. The second kappa shape index (κ2) is 3.08. The summed E-state index contributed by atoms with van der Waals surface area (Å²) in [7, 11) is 0. The molecule has 1 N–H and O–H groups in total. The molecular weight excluding hydrogens is 184 g/mol. The summed E-state index contributed by atoms with van der Waals surface area (Å²) in [6.07, 6.45) is 3.21. The van der Waals surface area contributed by atoms with Crippen LogP contribution in [0, 0.1) is 5.92 Å². The van der Waals surface area contributed by atoms with Gasteiger partial charge in [-0.3, -0.25) is 19.8 Å². The SMILES string of the molecule is CC(C1CCC1)N1C(=O)NC(=O)C1=O. The molecule has 1 saturated heterocycles. The number of hydrogen-bond acceptors (Lipinski definition) is 3. The summed E-state index contributed by atoms with van der Waals surface area (Å²) < 4.78 is 0. The average Bonchev–Trinajstić information content (AvgIpc) is 2.23. The van der Waals surface area contributed by atoms with Crippen molar-refractivity contribution < 1.29 is 14.4 Å². The molecule has 1 aliphatic carbocycles. The summed E-state index contributed by atoms with van der Waals surface area (Å²) in [4.78, 5) is 34.5. The van der Waals surface area contributed by atoms with Crippen molar-refractivity contribution in [3.63, 3.8) is 0 Å². The van der Waals surface area contributed by atoms with Crippen molar-refractivity contribution in [3.05, 3.63) is 0 Å². The van der Waals surface area contributed by atoms with Gasteiger partial charge in [-0.25, -0.2) is 4.79 Å². The highest BCUT2D eigenvalue weighted by Crippen LogP contribution is 2.32. The van der Waals surface area contributed by atoms with E-state index in [-0.39, 0.29) is 6.04 Å². The Morgan fingerprint density at radius 3 is 2.36 bits per heavy atom.